The van der Waals surface area contributed by atoms with Gasteiger partial charge in [-0.3, -0.25) is 14.2 Å². The van der Waals surface area contributed by atoms with E-state index in [1.807, 2.05) is 50.2 Å². The molecule has 0 fully saturated rings. The van der Waals surface area contributed by atoms with Crippen LogP contribution in [0, 0.1) is 0 Å². The van der Waals surface area contributed by atoms with Crippen molar-refractivity contribution in [2.24, 2.45) is 0 Å². The molecule has 13 heteroatoms. The fraction of sp³-hybridized carbons (Fsp3) is 0.182. The summed E-state index contributed by atoms with van der Waals surface area (Å²) >= 11 is 7.46. The first-order valence-electron chi connectivity index (χ1n) is 17.2. The molecular formula is C44H48ClN3O6S3. The van der Waals surface area contributed by atoms with Gasteiger partial charge in [0.2, 0.25) is 0 Å². The third-order valence-corrected chi connectivity index (χ3v) is 11.9. The number of ketones is 1. The van der Waals surface area contributed by atoms with Crippen molar-refractivity contribution in [2.75, 3.05) is 9.44 Å². The molecule has 0 amide bonds. The Kier molecular flexibility index (Phi) is 16.9. The smallest absolute Gasteiger partial charge is 0.261 e. The number of aromatic nitrogens is 1. The summed E-state index contributed by atoms with van der Waals surface area (Å²) in [6.45, 7) is 7.92. The molecule has 6 rings (SSSR count). The van der Waals surface area contributed by atoms with Crippen LogP contribution in [0.2, 0.25) is 5.02 Å². The van der Waals surface area contributed by atoms with E-state index in [9.17, 15) is 21.6 Å². The van der Waals surface area contributed by atoms with Crippen molar-refractivity contribution in [3.63, 3.8) is 0 Å². The van der Waals surface area contributed by atoms with E-state index in [-0.39, 0.29) is 47.8 Å². The average Bonchev–Trinajstić information content (AvgIpc) is 3.17. The fourth-order valence-electron chi connectivity index (χ4n) is 5.11. The molecule has 9 nitrogen and oxygen atoms in total. The van der Waals surface area contributed by atoms with Gasteiger partial charge in [0.05, 0.1) is 27.3 Å². The molecule has 0 radical (unpaired) electrons. The lowest BCUT2D eigenvalue weighted by atomic mass is 10.0. The topological polar surface area (TPSA) is 132 Å². The van der Waals surface area contributed by atoms with Crippen LogP contribution >= 0.6 is 23.4 Å². The van der Waals surface area contributed by atoms with Crippen molar-refractivity contribution in [2.45, 2.75) is 74.3 Å². The molecule has 2 N–H and O–H groups in total. The van der Waals surface area contributed by atoms with Crippen molar-refractivity contribution in [1.82, 2.24) is 4.98 Å². The molecular weight excluding hydrogens is 798 g/mol. The summed E-state index contributed by atoms with van der Waals surface area (Å²) in [6.07, 6.45) is 1.68. The van der Waals surface area contributed by atoms with Crippen LogP contribution in [0.25, 0.3) is 0 Å². The second-order valence-electron chi connectivity index (χ2n) is 12.7. The highest BCUT2D eigenvalue weighted by atomic mass is 35.5. The number of rotatable bonds is 13. The van der Waals surface area contributed by atoms with Crippen molar-refractivity contribution in [3.8, 4) is 5.75 Å². The number of carbonyl (C=O) groups is 1. The standard InChI is InChI=1S/C22H21NO4S.C20H19ClN2O2S2.2CH4/c1-16(2)27-18-12-14-19(15-13-18)28(25,26)23-21-11-7-6-10-20(21)22(24)17-8-4-3-5-9-17;1-14(2)15-6-9-17(10-7-15)27(24,25)23-18-11-8-16(21)13-19(18)26-20-5-3-4-12-22-20;;/h3-16,23H,1-2H3;3-14,23H,1-2H3;2*1H4. The third-order valence-electron chi connectivity index (χ3n) is 7.86. The highest BCUT2D eigenvalue weighted by Crippen LogP contribution is 2.35. The summed E-state index contributed by atoms with van der Waals surface area (Å²) in [7, 11) is -7.56. The van der Waals surface area contributed by atoms with Crippen molar-refractivity contribution >= 4 is 60.6 Å². The first-order valence-corrected chi connectivity index (χ1v) is 21.4. The maximum Gasteiger partial charge on any atom is 0.261 e. The molecule has 0 unspecified atom stereocenters. The Morgan fingerprint density at radius 1 is 0.667 bits per heavy atom. The maximum absolute atomic E-state index is 12.8. The molecule has 57 heavy (non-hydrogen) atoms. The number of nitrogens with one attached hydrogen (secondary N) is 2. The molecule has 0 bridgehead atoms. The molecule has 0 saturated heterocycles. The van der Waals surface area contributed by atoms with Crippen LogP contribution in [0.5, 0.6) is 5.75 Å². The van der Waals surface area contributed by atoms with Crippen molar-refractivity contribution in [1.29, 1.82) is 0 Å². The van der Waals surface area contributed by atoms with E-state index in [4.69, 9.17) is 16.3 Å². The Labute approximate surface area is 347 Å². The number of pyridine rings is 1. The maximum atomic E-state index is 12.8. The lowest BCUT2D eigenvalue weighted by molar-refractivity contribution is 0.103. The van der Waals surface area contributed by atoms with Crippen LogP contribution in [-0.4, -0.2) is 33.7 Å². The minimum atomic E-state index is -3.85. The number of para-hydroxylation sites is 1. The first kappa shape index (κ1) is 46.2. The van der Waals surface area contributed by atoms with Gasteiger partial charge in [0.1, 0.15) is 10.8 Å². The number of hydrogen-bond acceptors (Lipinski definition) is 8. The zero-order chi connectivity index (χ0) is 39.6. The number of nitrogens with zero attached hydrogens (tertiary/aromatic N) is 1. The van der Waals surface area contributed by atoms with Crippen LogP contribution in [0.1, 0.15) is 70.0 Å². The predicted octanol–water partition coefficient (Wildman–Crippen LogP) is 11.6. The minimum absolute atomic E-state index is 0. The van der Waals surface area contributed by atoms with Gasteiger partial charge >= 0.3 is 0 Å². The molecule has 0 aliphatic heterocycles. The van der Waals surface area contributed by atoms with E-state index >= 15 is 0 Å². The first-order chi connectivity index (χ1) is 26.2. The molecule has 300 valence electrons. The van der Waals surface area contributed by atoms with E-state index in [0.717, 1.165) is 10.6 Å². The van der Waals surface area contributed by atoms with E-state index in [2.05, 4.69) is 28.3 Å². The highest BCUT2D eigenvalue weighted by molar-refractivity contribution is 7.99. The third kappa shape index (κ3) is 12.9. The monoisotopic (exact) mass is 845 g/mol. The molecule has 6 aromatic rings. The zero-order valence-corrected chi connectivity index (χ0v) is 33.7. The normalized spacial score (nSPS) is 11.0. The van der Waals surface area contributed by atoms with Gasteiger partial charge < -0.3 is 4.74 Å². The summed E-state index contributed by atoms with van der Waals surface area (Å²) in [5, 5.41) is 1.28. The van der Waals surface area contributed by atoms with Gasteiger partial charge in [-0.25, -0.2) is 21.8 Å². The van der Waals surface area contributed by atoms with E-state index < -0.39 is 20.0 Å². The number of anilines is 2. The number of halogens is 1. The van der Waals surface area contributed by atoms with E-state index in [1.165, 1.54) is 23.9 Å². The molecule has 0 saturated carbocycles. The number of sulfonamides is 2. The summed E-state index contributed by atoms with van der Waals surface area (Å²) in [5.41, 5.74) is 2.56. The Hall–Kier alpha value is -5.14. The van der Waals surface area contributed by atoms with Crippen LogP contribution in [0.3, 0.4) is 0 Å². The summed E-state index contributed by atoms with van der Waals surface area (Å²) in [5.74, 6) is 0.681. The van der Waals surface area contributed by atoms with Crippen LogP contribution < -0.4 is 14.2 Å². The van der Waals surface area contributed by atoms with Crippen LogP contribution in [-0.2, 0) is 20.0 Å². The Morgan fingerprint density at radius 2 is 1.23 bits per heavy atom. The number of hydrogen-bond donors (Lipinski definition) is 2. The Morgan fingerprint density at radius 3 is 1.81 bits per heavy atom. The molecule has 5 aromatic carbocycles. The van der Waals surface area contributed by atoms with Gasteiger partial charge in [-0.15, -0.1) is 0 Å². The van der Waals surface area contributed by atoms with Crippen molar-refractivity contribution < 1.29 is 26.4 Å². The average molecular weight is 847 g/mol. The number of benzene rings is 5. The largest absolute Gasteiger partial charge is 0.491 e. The summed E-state index contributed by atoms with van der Waals surface area (Å²) < 4.78 is 61.9. The van der Waals surface area contributed by atoms with Crippen LogP contribution in [0.4, 0.5) is 11.4 Å². The summed E-state index contributed by atoms with van der Waals surface area (Å²) in [4.78, 5) is 18.0. The fourth-order valence-corrected chi connectivity index (χ4v) is 8.47. The van der Waals surface area contributed by atoms with Gasteiger partial charge in [-0.05, 0) is 104 Å². The molecule has 1 heterocycles. The second-order valence-corrected chi connectivity index (χ2v) is 17.6. The zero-order valence-electron chi connectivity index (χ0n) is 30.5. The van der Waals surface area contributed by atoms with Gasteiger partial charge in [0.25, 0.3) is 20.0 Å². The Balaban J connectivity index is 0.000000295. The van der Waals surface area contributed by atoms with Gasteiger partial charge in [-0.1, -0.05) is 113 Å². The lowest BCUT2D eigenvalue weighted by Gasteiger charge is -2.13. The number of ether oxygens (including phenoxy) is 1. The molecule has 0 aliphatic carbocycles. The quantitative estimate of drug-likeness (QED) is 0.110. The van der Waals surface area contributed by atoms with Gasteiger partial charge in [0.15, 0.2) is 5.78 Å². The minimum Gasteiger partial charge on any atom is -0.491 e. The van der Waals surface area contributed by atoms with Crippen LogP contribution in [0.15, 0.2) is 165 Å². The molecule has 0 atom stereocenters. The van der Waals surface area contributed by atoms with Gasteiger partial charge in [-0.2, -0.15) is 0 Å². The lowest BCUT2D eigenvalue weighted by Crippen LogP contribution is -2.16. The molecule has 0 aliphatic rings. The summed E-state index contributed by atoms with van der Waals surface area (Å²) in [6, 6.07) is 39.0. The van der Waals surface area contributed by atoms with E-state index in [0.29, 0.717) is 32.8 Å². The number of carbonyl (C=O) groups excluding carboxylic acids is 1. The molecule has 1 aromatic heterocycles. The van der Waals surface area contributed by atoms with Gasteiger partial charge in [0, 0.05) is 27.2 Å². The SMILES string of the molecule is C.C.CC(C)Oc1ccc(S(=O)(=O)Nc2ccccc2C(=O)c2ccccc2)cc1.CC(C)c1ccc(S(=O)(=O)Nc2ccc(Cl)cc2Sc2ccccn2)cc1. The highest BCUT2D eigenvalue weighted by Gasteiger charge is 2.20. The Bertz CT molecular complexity index is 2430. The molecule has 0 spiro atoms. The predicted molar refractivity (Wildman–Crippen MR) is 234 cm³/mol. The van der Waals surface area contributed by atoms with E-state index in [1.54, 1.807) is 97.2 Å². The van der Waals surface area contributed by atoms with Crippen molar-refractivity contribution in [3.05, 3.63) is 167 Å². The second kappa shape index (κ2) is 20.9.